The molecule has 0 unspecified atom stereocenters. The average Bonchev–Trinajstić information content (AvgIpc) is 2.71. The molecule has 0 aromatic heterocycles. The summed E-state index contributed by atoms with van der Waals surface area (Å²) in [6.07, 6.45) is 1.71. The van der Waals surface area contributed by atoms with Crippen LogP contribution in [0.1, 0.15) is 30.9 Å². The number of hydrogen-bond donors (Lipinski definition) is 2. The van der Waals surface area contributed by atoms with E-state index >= 15 is 0 Å². The first-order valence-electron chi connectivity index (χ1n) is 9.72. The highest BCUT2D eigenvalue weighted by molar-refractivity contribution is 14.0. The molecular formula is C22H28F2IN3O. The van der Waals surface area contributed by atoms with Crippen LogP contribution in [0.4, 0.5) is 8.78 Å². The van der Waals surface area contributed by atoms with Crippen molar-refractivity contribution in [3.05, 3.63) is 71.3 Å². The number of rotatable bonds is 6. The highest BCUT2D eigenvalue weighted by atomic mass is 127. The van der Waals surface area contributed by atoms with Crippen molar-refractivity contribution >= 4 is 29.9 Å². The summed E-state index contributed by atoms with van der Waals surface area (Å²) in [4.78, 5) is 4.58. The molecule has 0 saturated carbocycles. The Hall–Kier alpha value is -1.74. The molecule has 2 N–H and O–H groups in total. The van der Waals surface area contributed by atoms with E-state index < -0.39 is 0 Å². The second-order valence-corrected chi connectivity index (χ2v) is 7.08. The van der Waals surface area contributed by atoms with Gasteiger partial charge < -0.3 is 15.4 Å². The zero-order valence-electron chi connectivity index (χ0n) is 16.6. The van der Waals surface area contributed by atoms with E-state index in [2.05, 4.69) is 15.6 Å². The van der Waals surface area contributed by atoms with Gasteiger partial charge in [0.05, 0.1) is 6.54 Å². The van der Waals surface area contributed by atoms with Crippen LogP contribution in [-0.4, -0.2) is 32.3 Å². The van der Waals surface area contributed by atoms with Gasteiger partial charge in [-0.25, -0.2) is 13.8 Å². The van der Waals surface area contributed by atoms with E-state index in [1.165, 1.54) is 24.3 Å². The molecule has 1 aliphatic rings. The van der Waals surface area contributed by atoms with Crippen molar-refractivity contribution in [3.8, 4) is 0 Å². The van der Waals surface area contributed by atoms with Crippen molar-refractivity contribution in [3.63, 3.8) is 0 Å². The Labute approximate surface area is 188 Å². The van der Waals surface area contributed by atoms with Crippen molar-refractivity contribution in [2.45, 2.75) is 31.7 Å². The van der Waals surface area contributed by atoms with Crippen LogP contribution in [0, 0.1) is 11.6 Å². The summed E-state index contributed by atoms with van der Waals surface area (Å²) in [6.45, 7) is 5.13. The van der Waals surface area contributed by atoms with Crippen molar-refractivity contribution in [2.24, 2.45) is 4.99 Å². The lowest BCUT2D eigenvalue weighted by Gasteiger charge is -2.38. The Balaban J connectivity index is 0.00000300. The van der Waals surface area contributed by atoms with E-state index in [-0.39, 0.29) is 41.0 Å². The SMILES string of the molecule is CCNC(=NCc1cccc(F)c1)NCC1(c2ccc(F)cc2)CCOCC1.I. The number of hydrogen-bond acceptors (Lipinski definition) is 2. The molecule has 7 heteroatoms. The predicted molar refractivity (Wildman–Crippen MR) is 123 cm³/mol. The quantitative estimate of drug-likeness (QED) is 0.341. The van der Waals surface area contributed by atoms with Crippen LogP contribution in [0.2, 0.25) is 0 Å². The molecule has 2 aromatic carbocycles. The second-order valence-electron chi connectivity index (χ2n) is 7.08. The van der Waals surface area contributed by atoms with Gasteiger partial charge in [-0.3, -0.25) is 0 Å². The van der Waals surface area contributed by atoms with Crippen LogP contribution >= 0.6 is 24.0 Å². The molecule has 1 heterocycles. The van der Waals surface area contributed by atoms with E-state index in [1.807, 2.05) is 25.1 Å². The van der Waals surface area contributed by atoms with Crippen LogP contribution in [-0.2, 0) is 16.7 Å². The van der Waals surface area contributed by atoms with Gasteiger partial charge in [0.1, 0.15) is 11.6 Å². The third-order valence-electron chi connectivity index (χ3n) is 5.15. The zero-order chi connectivity index (χ0) is 19.8. The van der Waals surface area contributed by atoms with Gasteiger partial charge in [0.2, 0.25) is 0 Å². The maximum atomic E-state index is 13.4. The van der Waals surface area contributed by atoms with Crippen LogP contribution < -0.4 is 10.6 Å². The number of halogens is 3. The first kappa shape index (κ1) is 23.5. The largest absolute Gasteiger partial charge is 0.381 e. The highest BCUT2D eigenvalue weighted by Gasteiger charge is 2.34. The molecule has 0 radical (unpaired) electrons. The number of nitrogens with zero attached hydrogens (tertiary/aromatic N) is 1. The number of nitrogens with one attached hydrogen (secondary N) is 2. The van der Waals surface area contributed by atoms with Crippen molar-refractivity contribution in [2.75, 3.05) is 26.3 Å². The summed E-state index contributed by atoms with van der Waals surface area (Å²) in [5.74, 6) is 0.187. The molecule has 1 fully saturated rings. The number of benzene rings is 2. The van der Waals surface area contributed by atoms with Gasteiger partial charge in [-0.2, -0.15) is 0 Å². The number of ether oxygens (including phenoxy) is 1. The fourth-order valence-corrected chi connectivity index (χ4v) is 3.53. The number of aliphatic imine (C=N–C) groups is 1. The van der Waals surface area contributed by atoms with E-state index in [9.17, 15) is 8.78 Å². The maximum Gasteiger partial charge on any atom is 0.191 e. The lowest BCUT2D eigenvalue weighted by Crippen LogP contribution is -2.48. The fourth-order valence-electron chi connectivity index (χ4n) is 3.53. The van der Waals surface area contributed by atoms with Gasteiger partial charge in [0.15, 0.2) is 5.96 Å². The second kappa shape index (κ2) is 11.4. The van der Waals surface area contributed by atoms with Crippen molar-refractivity contribution in [1.82, 2.24) is 10.6 Å². The summed E-state index contributed by atoms with van der Waals surface area (Å²) < 4.78 is 32.3. The molecule has 29 heavy (non-hydrogen) atoms. The highest BCUT2D eigenvalue weighted by Crippen LogP contribution is 2.34. The van der Waals surface area contributed by atoms with Gasteiger partial charge >= 0.3 is 0 Å². The third-order valence-corrected chi connectivity index (χ3v) is 5.15. The first-order valence-corrected chi connectivity index (χ1v) is 9.72. The van der Waals surface area contributed by atoms with Gasteiger partial charge in [0, 0.05) is 31.7 Å². The number of guanidine groups is 1. The molecule has 0 bridgehead atoms. The Morgan fingerprint density at radius 3 is 2.41 bits per heavy atom. The summed E-state index contributed by atoms with van der Waals surface area (Å²) >= 11 is 0. The zero-order valence-corrected chi connectivity index (χ0v) is 18.9. The van der Waals surface area contributed by atoms with Crippen LogP contribution in [0.25, 0.3) is 0 Å². The molecule has 2 aromatic rings. The van der Waals surface area contributed by atoms with Gasteiger partial charge in [-0.1, -0.05) is 24.3 Å². The first-order chi connectivity index (χ1) is 13.6. The van der Waals surface area contributed by atoms with Gasteiger partial charge in [0.25, 0.3) is 0 Å². The molecule has 0 spiro atoms. The van der Waals surface area contributed by atoms with Crippen LogP contribution in [0.5, 0.6) is 0 Å². The smallest absolute Gasteiger partial charge is 0.191 e. The third kappa shape index (κ3) is 6.64. The van der Waals surface area contributed by atoms with E-state index in [0.717, 1.165) is 30.5 Å². The molecule has 0 aliphatic carbocycles. The molecule has 1 saturated heterocycles. The molecule has 4 nitrogen and oxygen atoms in total. The fraction of sp³-hybridized carbons (Fsp3) is 0.409. The molecule has 0 atom stereocenters. The Bertz CT molecular complexity index is 793. The average molecular weight is 515 g/mol. The van der Waals surface area contributed by atoms with Gasteiger partial charge in [-0.15, -0.1) is 24.0 Å². The minimum atomic E-state index is -0.261. The van der Waals surface area contributed by atoms with Gasteiger partial charge in [-0.05, 0) is 55.2 Å². The lowest BCUT2D eigenvalue weighted by molar-refractivity contribution is 0.0513. The van der Waals surface area contributed by atoms with Crippen LogP contribution in [0.3, 0.4) is 0 Å². The minimum absolute atomic E-state index is 0. The summed E-state index contributed by atoms with van der Waals surface area (Å²) in [6, 6.07) is 13.2. The monoisotopic (exact) mass is 515 g/mol. The topological polar surface area (TPSA) is 45.7 Å². The Morgan fingerprint density at radius 1 is 1.03 bits per heavy atom. The molecule has 3 rings (SSSR count). The predicted octanol–water partition coefficient (Wildman–Crippen LogP) is 4.39. The minimum Gasteiger partial charge on any atom is -0.381 e. The van der Waals surface area contributed by atoms with E-state index in [0.29, 0.717) is 32.3 Å². The van der Waals surface area contributed by atoms with Crippen molar-refractivity contribution < 1.29 is 13.5 Å². The Kier molecular flexibility index (Phi) is 9.29. The van der Waals surface area contributed by atoms with E-state index in [1.54, 1.807) is 6.07 Å². The van der Waals surface area contributed by atoms with Crippen molar-refractivity contribution in [1.29, 1.82) is 0 Å². The molecular weight excluding hydrogens is 487 g/mol. The summed E-state index contributed by atoms with van der Waals surface area (Å²) in [5.41, 5.74) is 1.78. The summed E-state index contributed by atoms with van der Waals surface area (Å²) in [5, 5.41) is 6.66. The van der Waals surface area contributed by atoms with E-state index in [4.69, 9.17) is 4.74 Å². The molecule has 158 valence electrons. The van der Waals surface area contributed by atoms with Crippen LogP contribution in [0.15, 0.2) is 53.5 Å². The molecule has 1 aliphatic heterocycles. The maximum absolute atomic E-state index is 13.4. The standard InChI is InChI=1S/C22H27F2N3O.HI/c1-2-25-21(26-15-17-4-3-5-20(24)14-17)27-16-22(10-12-28-13-11-22)18-6-8-19(23)9-7-18;/h3-9,14H,2,10-13,15-16H2,1H3,(H2,25,26,27);1H. The summed E-state index contributed by atoms with van der Waals surface area (Å²) in [7, 11) is 0. The lowest BCUT2D eigenvalue weighted by atomic mass is 9.74. The normalized spacial score (nSPS) is 16.0. The molecule has 0 amide bonds. The Morgan fingerprint density at radius 2 is 1.76 bits per heavy atom.